The molecule has 1 aromatic rings. The van der Waals surface area contributed by atoms with Crippen molar-refractivity contribution >= 4 is 0 Å². The van der Waals surface area contributed by atoms with E-state index < -0.39 is 0 Å². The fraction of sp³-hybridized carbons (Fsp3) is 0.667. The molecule has 100 valence electrons. The van der Waals surface area contributed by atoms with E-state index in [1.807, 2.05) is 19.3 Å². The van der Waals surface area contributed by atoms with Crippen LogP contribution in [0.15, 0.2) is 24.5 Å². The third-order valence-electron chi connectivity index (χ3n) is 3.72. The lowest BCUT2D eigenvalue weighted by atomic mass is 9.93. The van der Waals surface area contributed by atoms with E-state index in [1.165, 1.54) is 37.7 Å². The molecule has 1 saturated carbocycles. The maximum absolute atomic E-state index is 9.68. The zero-order valence-electron chi connectivity index (χ0n) is 11.3. The molecule has 1 aromatic heterocycles. The van der Waals surface area contributed by atoms with Crippen molar-refractivity contribution < 1.29 is 5.11 Å². The maximum atomic E-state index is 9.68. The van der Waals surface area contributed by atoms with E-state index in [4.69, 9.17) is 0 Å². The lowest BCUT2D eigenvalue weighted by molar-refractivity contribution is 0.0769. The first-order valence-corrected chi connectivity index (χ1v) is 7.06. The van der Waals surface area contributed by atoms with E-state index in [-0.39, 0.29) is 6.10 Å². The second-order valence-corrected chi connectivity index (χ2v) is 5.43. The summed E-state index contributed by atoms with van der Waals surface area (Å²) in [6.45, 7) is 3.58. The average molecular weight is 248 g/mol. The normalized spacial score (nSPS) is 19.1. The van der Waals surface area contributed by atoms with Crippen LogP contribution in [0, 0.1) is 0 Å². The molecule has 0 spiro atoms. The van der Waals surface area contributed by atoms with Crippen molar-refractivity contribution in [1.29, 1.82) is 0 Å². The molecule has 0 radical (unpaired) electrons. The van der Waals surface area contributed by atoms with Crippen LogP contribution in [0.4, 0.5) is 0 Å². The minimum Gasteiger partial charge on any atom is -0.392 e. The highest BCUT2D eigenvalue weighted by Crippen LogP contribution is 2.24. The van der Waals surface area contributed by atoms with E-state index >= 15 is 0 Å². The van der Waals surface area contributed by atoms with Gasteiger partial charge in [-0.15, -0.1) is 0 Å². The number of aliphatic hydroxyl groups excluding tert-OH is 1. The number of aromatic nitrogens is 1. The van der Waals surface area contributed by atoms with Crippen molar-refractivity contribution in [2.75, 3.05) is 6.54 Å². The van der Waals surface area contributed by atoms with Crippen molar-refractivity contribution in [1.82, 2.24) is 9.88 Å². The average Bonchev–Trinajstić information content (AvgIpc) is 2.40. The summed E-state index contributed by atoms with van der Waals surface area (Å²) in [5, 5.41) is 9.68. The highest BCUT2D eigenvalue weighted by Gasteiger charge is 2.22. The molecule has 3 nitrogen and oxygen atoms in total. The van der Waals surface area contributed by atoms with Gasteiger partial charge < -0.3 is 5.11 Å². The van der Waals surface area contributed by atoms with Gasteiger partial charge in [-0.05, 0) is 37.5 Å². The zero-order chi connectivity index (χ0) is 12.8. The molecular weight excluding hydrogens is 224 g/mol. The third kappa shape index (κ3) is 4.07. The third-order valence-corrected chi connectivity index (χ3v) is 3.72. The van der Waals surface area contributed by atoms with Gasteiger partial charge in [-0.25, -0.2) is 0 Å². The van der Waals surface area contributed by atoms with Crippen LogP contribution < -0.4 is 0 Å². The predicted molar refractivity (Wildman–Crippen MR) is 73.2 cm³/mol. The first-order valence-electron chi connectivity index (χ1n) is 7.06. The number of hydrogen-bond acceptors (Lipinski definition) is 3. The van der Waals surface area contributed by atoms with Crippen molar-refractivity contribution in [3.63, 3.8) is 0 Å². The number of pyridine rings is 1. The lowest BCUT2D eigenvalue weighted by Crippen LogP contribution is -2.40. The number of nitrogens with zero attached hydrogens (tertiary/aromatic N) is 2. The quantitative estimate of drug-likeness (QED) is 0.870. The van der Waals surface area contributed by atoms with Crippen LogP contribution in [-0.2, 0) is 6.54 Å². The molecular formula is C15H24N2O. The lowest BCUT2D eigenvalue weighted by Gasteiger charge is -2.35. The molecule has 0 saturated heterocycles. The molecule has 0 aromatic carbocycles. The summed E-state index contributed by atoms with van der Waals surface area (Å²) in [6, 6.07) is 4.77. The molecule has 3 heteroatoms. The standard InChI is InChI=1S/C15H24N2O/c1-13(18)11-17(15-5-3-2-4-6-15)12-14-7-9-16-10-8-14/h7-10,13,15,18H,2-6,11-12H2,1H3. The topological polar surface area (TPSA) is 36.4 Å². The van der Waals surface area contributed by atoms with Gasteiger partial charge in [0.05, 0.1) is 6.10 Å². The SMILES string of the molecule is CC(O)CN(Cc1ccncc1)C1CCCCC1. The highest BCUT2D eigenvalue weighted by molar-refractivity contribution is 5.09. The van der Waals surface area contributed by atoms with Crippen molar-refractivity contribution in [3.8, 4) is 0 Å². The molecule has 18 heavy (non-hydrogen) atoms. The smallest absolute Gasteiger partial charge is 0.0639 e. The second kappa shape index (κ2) is 6.86. The fourth-order valence-corrected chi connectivity index (χ4v) is 2.85. The Morgan fingerprint density at radius 2 is 1.94 bits per heavy atom. The minimum atomic E-state index is -0.256. The Morgan fingerprint density at radius 1 is 1.28 bits per heavy atom. The van der Waals surface area contributed by atoms with Crippen molar-refractivity contribution in [3.05, 3.63) is 30.1 Å². The van der Waals surface area contributed by atoms with Crippen LogP contribution in [0.25, 0.3) is 0 Å². The summed E-state index contributed by atoms with van der Waals surface area (Å²) >= 11 is 0. The molecule has 1 atom stereocenters. The van der Waals surface area contributed by atoms with Crippen LogP contribution in [-0.4, -0.2) is 33.7 Å². The van der Waals surface area contributed by atoms with Gasteiger partial charge >= 0.3 is 0 Å². The number of aliphatic hydroxyl groups is 1. The molecule has 0 aliphatic heterocycles. The molecule has 1 aliphatic rings. The summed E-state index contributed by atoms with van der Waals surface area (Å²) in [4.78, 5) is 6.50. The molecule has 0 bridgehead atoms. The van der Waals surface area contributed by atoms with Crippen molar-refractivity contribution in [2.24, 2.45) is 0 Å². The van der Waals surface area contributed by atoms with E-state index in [0.717, 1.165) is 13.1 Å². The van der Waals surface area contributed by atoms with E-state index in [0.29, 0.717) is 6.04 Å². The van der Waals surface area contributed by atoms with Gasteiger partial charge in [0.15, 0.2) is 0 Å². The van der Waals surface area contributed by atoms with Crippen LogP contribution in [0.1, 0.15) is 44.6 Å². The summed E-state index contributed by atoms with van der Waals surface area (Å²) in [6.07, 6.45) is 10.0. The summed E-state index contributed by atoms with van der Waals surface area (Å²) < 4.78 is 0. The van der Waals surface area contributed by atoms with Gasteiger partial charge in [-0.2, -0.15) is 0 Å². The first-order chi connectivity index (χ1) is 8.75. The van der Waals surface area contributed by atoms with Crippen molar-refractivity contribution in [2.45, 2.75) is 57.7 Å². The Bertz CT molecular complexity index is 334. The largest absolute Gasteiger partial charge is 0.392 e. The minimum absolute atomic E-state index is 0.256. The van der Waals surface area contributed by atoms with Crippen LogP contribution in [0.3, 0.4) is 0 Å². The molecule has 2 rings (SSSR count). The summed E-state index contributed by atoms with van der Waals surface area (Å²) in [5.74, 6) is 0. The van der Waals surface area contributed by atoms with Gasteiger partial charge in [0.2, 0.25) is 0 Å². The Balaban J connectivity index is 1.99. The van der Waals surface area contributed by atoms with E-state index in [2.05, 4.69) is 22.0 Å². The molecule has 1 unspecified atom stereocenters. The van der Waals surface area contributed by atoms with Crippen LogP contribution in [0.5, 0.6) is 0 Å². The van der Waals surface area contributed by atoms with Gasteiger partial charge in [-0.3, -0.25) is 9.88 Å². The molecule has 1 N–H and O–H groups in total. The monoisotopic (exact) mass is 248 g/mol. The Morgan fingerprint density at radius 3 is 2.56 bits per heavy atom. The van der Waals surface area contributed by atoms with E-state index in [1.54, 1.807) is 0 Å². The first kappa shape index (κ1) is 13.5. The highest BCUT2D eigenvalue weighted by atomic mass is 16.3. The van der Waals surface area contributed by atoms with E-state index in [9.17, 15) is 5.11 Å². The van der Waals surface area contributed by atoms with Crippen LogP contribution >= 0.6 is 0 Å². The van der Waals surface area contributed by atoms with Crippen LogP contribution in [0.2, 0.25) is 0 Å². The predicted octanol–water partition coefficient (Wildman–Crippen LogP) is 2.60. The van der Waals surface area contributed by atoms with Gasteiger partial charge in [0, 0.05) is 31.5 Å². The Hall–Kier alpha value is -0.930. The van der Waals surface area contributed by atoms with Gasteiger partial charge in [0.1, 0.15) is 0 Å². The molecule has 1 heterocycles. The van der Waals surface area contributed by atoms with Gasteiger partial charge in [0.25, 0.3) is 0 Å². The number of hydrogen-bond donors (Lipinski definition) is 1. The fourth-order valence-electron chi connectivity index (χ4n) is 2.85. The number of rotatable bonds is 5. The zero-order valence-corrected chi connectivity index (χ0v) is 11.3. The maximum Gasteiger partial charge on any atom is 0.0639 e. The summed E-state index contributed by atoms with van der Waals surface area (Å²) in [7, 11) is 0. The molecule has 1 fully saturated rings. The molecule has 1 aliphatic carbocycles. The second-order valence-electron chi connectivity index (χ2n) is 5.43. The van der Waals surface area contributed by atoms with Gasteiger partial charge in [-0.1, -0.05) is 19.3 Å². The molecule has 0 amide bonds. The Kier molecular flexibility index (Phi) is 5.14. The summed E-state index contributed by atoms with van der Waals surface area (Å²) in [5.41, 5.74) is 1.29. The Labute approximate surface area is 110 Å².